The molecule has 0 fully saturated rings. The highest BCUT2D eigenvalue weighted by Gasteiger charge is 2.43. The number of benzene rings is 1. The number of alkyl halides is 3. The second-order valence-corrected chi connectivity index (χ2v) is 4.47. The van der Waals surface area contributed by atoms with Crippen molar-refractivity contribution in [2.24, 2.45) is 5.73 Å². The molecule has 0 saturated carbocycles. The van der Waals surface area contributed by atoms with E-state index >= 15 is 0 Å². The van der Waals surface area contributed by atoms with E-state index in [-0.39, 0.29) is 23.0 Å². The summed E-state index contributed by atoms with van der Waals surface area (Å²) in [5, 5.41) is 9.26. The van der Waals surface area contributed by atoms with E-state index in [1.807, 2.05) is 0 Å². The van der Waals surface area contributed by atoms with E-state index in [1.165, 1.54) is 18.2 Å². The minimum Gasteiger partial charge on any atom is -0.382 e. The molecule has 0 aliphatic heterocycles. The van der Waals surface area contributed by atoms with E-state index in [0.717, 1.165) is 0 Å². The van der Waals surface area contributed by atoms with Gasteiger partial charge in [-0.15, -0.1) is 12.4 Å². The summed E-state index contributed by atoms with van der Waals surface area (Å²) < 4.78 is 37.1. The van der Waals surface area contributed by atoms with Crippen LogP contribution in [0.1, 0.15) is 11.6 Å². The van der Waals surface area contributed by atoms with Crippen molar-refractivity contribution in [3.8, 4) is 0 Å². The van der Waals surface area contributed by atoms with Crippen molar-refractivity contribution in [2.75, 3.05) is 0 Å². The molecular formula is C9H9BrCl2F3NO. The summed E-state index contributed by atoms with van der Waals surface area (Å²) in [5.41, 5.74) is 5.44. The number of halogens is 6. The van der Waals surface area contributed by atoms with E-state index in [1.54, 1.807) is 0 Å². The van der Waals surface area contributed by atoms with Gasteiger partial charge in [-0.25, -0.2) is 0 Å². The Morgan fingerprint density at radius 1 is 1.35 bits per heavy atom. The Labute approximate surface area is 115 Å². The predicted octanol–water partition coefficient (Wildman–Crippen LogP) is 3.45. The first kappa shape index (κ1) is 17.0. The smallest absolute Gasteiger partial charge is 0.382 e. The van der Waals surface area contributed by atoms with Gasteiger partial charge >= 0.3 is 6.18 Å². The number of aliphatic hydroxyl groups excluding tert-OH is 1. The topological polar surface area (TPSA) is 46.2 Å². The zero-order valence-electron chi connectivity index (χ0n) is 8.21. The second kappa shape index (κ2) is 6.24. The molecule has 1 rings (SSSR count). The standard InChI is InChI=1S/C9H8BrClF3NO.ClH/c10-6-2-1-4(11)3-5(6)7(15)8(16)9(12,13)14;/h1-3,7-8,16H,15H2;1H/t7-,8-;/m1./s1. The first-order chi connectivity index (χ1) is 7.23. The molecule has 3 N–H and O–H groups in total. The Balaban J connectivity index is 0.00000256. The van der Waals surface area contributed by atoms with Crippen LogP contribution in [-0.2, 0) is 0 Å². The Kier molecular flexibility index (Phi) is 6.24. The quantitative estimate of drug-likeness (QED) is 0.854. The molecule has 0 unspecified atom stereocenters. The summed E-state index contributed by atoms with van der Waals surface area (Å²) in [6.45, 7) is 0. The van der Waals surface area contributed by atoms with Gasteiger partial charge in [-0.1, -0.05) is 27.5 Å². The lowest BCUT2D eigenvalue weighted by atomic mass is 10.0. The van der Waals surface area contributed by atoms with Crippen LogP contribution >= 0.6 is 39.9 Å². The Morgan fingerprint density at radius 2 is 1.88 bits per heavy atom. The van der Waals surface area contributed by atoms with E-state index in [4.69, 9.17) is 22.4 Å². The van der Waals surface area contributed by atoms with Crippen LogP contribution in [0.25, 0.3) is 0 Å². The van der Waals surface area contributed by atoms with Crippen molar-refractivity contribution in [3.63, 3.8) is 0 Å². The largest absolute Gasteiger partial charge is 0.416 e. The van der Waals surface area contributed by atoms with Crippen LogP contribution in [0.4, 0.5) is 13.2 Å². The van der Waals surface area contributed by atoms with E-state index < -0.39 is 18.3 Å². The van der Waals surface area contributed by atoms with Gasteiger partial charge in [-0.2, -0.15) is 13.2 Å². The fraction of sp³-hybridized carbons (Fsp3) is 0.333. The highest BCUT2D eigenvalue weighted by molar-refractivity contribution is 9.10. The third-order valence-corrected chi connectivity index (χ3v) is 2.95. The summed E-state index contributed by atoms with van der Waals surface area (Å²) in [7, 11) is 0. The minimum atomic E-state index is -4.76. The van der Waals surface area contributed by atoms with Crippen LogP contribution in [0.15, 0.2) is 22.7 Å². The number of hydrogen-bond acceptors (Lipinski definition) is 2. The van der Waals surface area contributed by atoms with E-state index in [0.29, 0.717) is 4.47 Å². The van der Waals surface area contributed by atoms with Gasteiger partial charge in [-0.3, -0.25) is 0 Å². The fourth-order valence-corrected chi connectivity index (χ4v) is 1.84. The first-order valence-corrected chi connectivity index (χ1v) is 5.36. The highest BCUT2D eigenvalue weighted by Crippen LogP contribution is 2.33. The molecule has 1 aromatic rings. The summed E-state index contributed by atoms with van der Waals surface area (Å²) in [5.74, 6) is 0. The number of hydrogen-bond donors (Lipinski definition) is 2. The predicted molar refractivity (Wildman–Crippen MR) is 65.4 cm³/mol. The van der Waals surface area contributed by atoms with Gasteiger partial charge in [0, 0.05) is 9.50 Å². The molecule has 0 bridgehead atoms. The van der Waals surface area contributed by atoms with Gasteiger partial charge in [-0.05, 0) is 23.8 Å². The summed E-state index contributed by atoms with van der Waals surface area (Å²) >= 11 is 8.69. The molecule has 0 aliphatic rings. The van der Waals surface area contributed by atoms with Gasteiger partial charge in [0.2, 0.25) is 0 Å². The molecule has 2 atom stereocenters. The molecule has 0 spiro atoms. The van der Waals surface area contributed by atoms with Crippen molar-refractivity contribution >= 4 is 39.9 Å². The fourth-order valence-electron chi connectivity index (χ4n) is 1.14. The van der Waals surface area contributed by atoms with Crippen LogP contribution in [0, 0.1) is 0 Å². The van der Waals surface area contributed by atoms with Crippen molar-refractivity contribution in [1.29, 1.82) is 0 Å². The molecule has 0 radical (unpaired) electrons. The maximum absolute atomic E-state index is 12.2. The molecule has 17 heavy (non-hydrogen) atoms. The van der Waals surface area contributed by atoms with E-state index in [2.05, 4.69) is 15.9 Å². The van der Waals surface area contributed by atoms with Gasteiger partial charge in [0.25, 0.3) is 0 Å². The van der Waals surface area contributed by atoms with Crippen molar-refractivity contribution in [1.82, 2.24) is 0 Å². The lowest BCUT2D eigenvalue weighted by Gasteiger charge is -2.22. The SMILES string of the molecule is Cl.N[C@H](c1cc(Cl)ccc1Br)[C@@H](O)C(F)(F)F. The normalized spacial score (nSPS) is 15.0. The molecule has 0 heterocycles. The van der Waals surface area contributed by atoms with Crippen LogP contribution in [0.2, 0.25) is 5.02 Å². The number of rotatable bonds is 2. The average molecular weight is 355 g/mol. The highest BCUT2D eigenvalue weighted by atomic mass is 79.9. The molecule has 8 heteroatoms. The molecule has 1 aromatic carbocycles. The third kappa shape index (κ3) is 4.30. The lowest BCUT2D eigenvalue weighted by Crippen LogP contribution is -2.39. The van der Waals surface area contributed by atoms with E-state index in [9.17, 15) is 13.2 Å². The molecule has 0 aromatic heterocycles. The maximum atomic E-state index is 12.2. The molecule has 0 saturated heterocycles. The summed E-state index contributed by atoms with van der Waals surface area (Å²) in [6, 6.07) is 2.68. The molecule has 98 valence electrons. The van der Waals surface area contributed by atoms with Crippen LogP contribution in [0.5, 0.6) is 0 Å². The number of aliphatic hydroxyl groups is 1. The first-order valence-electron chi connectivity index (χ1n) is 4.19. The average Bonchev–Trinajstić information content (AvgIpc) is 2.18. The second-order valence-electron chi connectivity index (χ2n) is 3.18. The zero-order valence-corrected chi connectivity index (χ0v) is 11.4. The van der Waals surface area contributed by atoms with Gasteiger partial charge in [0.1, 0.15) is 0 Å². The Bertz CT molecular complexity index is 389. The summed E-state index contributed by atoms with van der Waals surface area (Å²) in [6.07, 6.45) is -7.39. The zero-order chi connectivity index (χ0) is 12.5. The van der Waals surface area contributed by atoms with Crippen LogP contribution in [-0.4, -0.2) is 17.4 Å². The van der Waals surface area contributed by atoms with Gasteiger partial charge in [0.15, 0.2) is 6.10 Å². The lowest BCUT2D eigenvalue weighted by molar-refractivity contribution is -0.210. The minimum absolute atomic E-state index is 0. The molecular weight excluding hydrogens is 346 g/mol. The Hall–Kier alpha value is -0.0100. The van der Waals surface area contributed by atoms with Crippen molar-refractivity contribution in [3.05, 3.63) is 33.3 Å². The maximum Gasteiger partial charge on any atom is 0.416 e. The van der Waals surface area contributed by atoms with Gasteiger partial charge in [0.05, 0.1) is 6.04 Å². The molecule has 0 aliphatic carbocycles. The summed E-state index contributed by atoms with van der Waals surface area (Å²) in [4.78, 5) is 0. The van der Waals surface area contributed by atoms with Gasteiger partial charge < -0.3 is 10.8 Å². The Morgan fingerprint density at radius 3 is 2.35 bits per heavy atom. The molecule has 2 nitrogen and oxygen atoms in total. The van der Waals surface area contributed by atoms with Crippen LogP contribution in [0.3, 0.4) is 0 Å². The monoisotopic (exact) mass is 353 g/mol. The number of nitrogens with two attached hydrogens (primary N) is 1. The van der Waals surface area contributed by atoms with Crippen LogP contribution < -0.4 is 5.73 Å². The van der Waals surface area contributed by atoms with Crippen molar-refractivity contribution in [2.45, 2.75) is 18.3 Å². The van der Waals surface area contributed by atoms with Crippen molar-refractivity contribution < 1.29 is 18.3 Å². The molecule has 0 amide bonds. The third-order valence-electron chi connectivity index (χ3n) is 1.99.